The lowest BCUT2D eigenvalue weighted by molar-refractivity contribution is 0.0120. The van der Waals surface area contributed by atoms with Gasteiger partial charge in [-0.2, -0.15) is 0 Å². The first-order valence-corrected chi connectivity index (χ1v) is 14.9. The van der Waals surface area contributed by atoms with E-state index in [9.17, 15) is 9.59 Å². The Bertz CT molecular complexity index is 1700. The Morgan fingerprint density at radius 2 is 1.66 bits per heavy atom. The minimum Gasteiger partial charge on any atom is -0.454 e. The first-order chi connectivity index (χ1) is 21.1. The Morgan fingerprint density at radius 1 is 0.977 bits per heavy atom. The molecule has 5 heterocycles. The molecule has 2 aliphatic heterocycles. The predicted octanol–water partition coefficient (Wildman–Crippen LogP) is 4.53. The number of likely N-dealkylation sites (tertiary alicyclic amines) is 2. The Balaban J connectivity index is 1.19. The lowest BCUT2D eigenvalue weighted by Crippen LogP contribution is -2.50. The van der Waals surface area contributed by atoms with Crippen molar-refractivity contribution in [2.24, 2.45) is 0 Å². The van der Waals surface area contributed by atoms with E-state index in [2.05, 4.69) is 19.9 Å². The standard InChI is InChI=1S/C31H37FN8O4/c1-31(2,3)44-30(42)38-16-8-20(9-17-38)37-14-10-21(11-15-37)40-28-26(27(33)35-19-36-28)39(29(40)41)22-4-5-25(24(32)18-22)43-23-6-12-34-13-7-23/h4-7,12-13,18-21H,8-11,14-17H2,1-3H3,(H2,33,35,36). The molecule has 232 valence electrons. The van der Waals surface area contributed by atoms with E-state index < -0.39 is 11.4 Å². The molecule has 0 bridgehead atoms. The van der Waals surface area contributed by atoms with Crippen molar-refractivity contribution < 1.29 is 18.7 Å². The van der Waals surface area contributed by atoms with Crippen LogP contribution in [-0.2, 0) is 4.74 Å². The molecule has 2 N–H and O–H groups in total. The third-order valence-corrected chi connectivity index (χ3v) is 8.23. The molecule has 44 heavy (non-hydrogen) atoms. The molecule has 2 aliphatic rings. The Morgan fingerprint density at radius 3 is 2.32 bits per heavy atom. The van der Waals surface area contributed by atoms with Crippen molar-refractivity contribution in [3.63, 3.8) is 0 Å². The highest BCUT2D eigenvalue weighted by Gasteiger charge is 2.33. The van der Waals surface area contributed by atoms with Gasteiger partial charge in [0.05, 0.1) is 5.69 Å². The average molecular weight is 605 g/mol. The lowest BCUT2D eigenvalue weighted by atomic mass is 9.98. The summed E-state index contributed by atoms with van der Waals surface area (Å²) in [6.07, 6.45) is 7.42. The third-order valence-electron chi connectivity index (χ3n) is 8.23. The maximum absolute atomic E-state index is 15.2. The largest absolute Gasteiger partial charge is 0.454 e. The number of carbonyl (C=O) groups is 1. The highest BCUT2D eigenvalue weighted by molar-refractivity contribution is 5.84. The Kier molecular flexibility index (Phi) is 7.97. The maximum Gasteiger partial charge on any atom is 0.410 e. The summed E-state index contributed by atoms with van der Waals surface area (Å²) in [4.78, 5) is 43.2. The van der Waals surface area contributed by atoms with Crippen LogP contribution < -0.4 is 16.2 Å². The van der Waals surface area contributed by atoms with Crippen molar-refractivity contribution in [3.8, 4) is 17.2 Å². The monoisotopic (exact) mass is 604 g/mol. The fourth-order valence-corrected chi connectivity index (χ4v) is 6.13. The molecule has 0 aliphatic carbocycles. The van der Waals surface area contributed by atoms with Crippen LogP contribution in [0.3, 0.4) is 0 Å². The van der Waals surface area contributed by atoms with Crippen molar-refractivity contribution in [2.75, 3.05) is 31.9 Å². The summed E-state index contributed by atoms with van der Waals surface area (Å²) in [6, 6.07) is 7.85. The molecule has 6 rings (SSSR count). The number of hydrogen-bond acceptors (Lipinski definition) is 9. The number of nitrogens with two attached hydrogens (primary N) is 1. The second kappa shape index (κ2) is 11.9. The number of pyridine rings is 1. The van der Waals surface area contributed by atoms with Gasteiger partial charge in [0.2, 0.25) is 0 Å². The predicted molar refractivity (Wildman–Crippen MR) is 162 cm³/mol. The first kappa shape index (κ1) is 29.5. The van der Waals surface area contributed by atoms with Gasteiger partial charge in [-0.3, -0.25) is 14.1 Å². The van der Waals surface area contributed by atoms with E-state index >= 15 is 4.39 Å². The lowest BCUT2D eigenvalue weighted by Gasteiger charge is -2.42. The van der Waals surface area contributed by atoms with E-state index in [0.29, 0.717) is 41.7 Å². The zero-order valence-electron chi connectivity index (χ0n) is 25.1. The molecule has 1 amide bonds. The summed E-state index contributed by atoms with van der Waals surface area (Å²) in [7, 11) is 0. The number of anilines is 1. The summed E-state index contributed by atoms with van der Waals surface area (Å²) >= 11 is 0. The van der Waals surface area contributed by atoms with Crippen LogP contribution in [0.2, 0.25) is 0 Å². The van der Waals surface area contributed by atoms with Gasteiger partial charge in [0.1, 0.15) is 23.2 Å². The van der Waals surface area contributed by atoms with Crippen molar-refractivity contribution in [2.45, 2.75) is 64.1 Å². The van der Waals surface area contributed by atoms with Crippen LogP contribution in [0.1, 0.15) is 52.5 Å². The fraction of sp³-hybridized carbons (Fsp3) is 0.452. The van der Waals surface area contributed by atoms with Crippen LogP contribution in [0.5, 0.6) is 11.5 Å². The highest BCUT2D eigenvalue weighted by atomic mass is 19.1. The SMILES string of the molecule is CC(C)(C)OC(=O)N1CCC(N2CCC(n3c(=O)n(-c4ccc(Oc5ccncc5)c(F)c4)c4c(N)ncnc43)CC2)CC1. The third kappa shape index (κ3) is 5.96. The summed E-state index contributed by atoms with van der Waals surface area (Å²) in [5.74, 6) is -0.0330. The number of imidazole rings is 1. The van der Waals surface area contributed by atoms with Gasteiger partial charge in [0.25, 0.3) is 0 Å². The molecule has 13 heteroatoms. The van der Waals surface area contributed by atoms with Gasteiger partial charge >= 0.3 is 11.8 Å². The zero-order valence-corrected chi connectivity index (χ0v) is 25.1. The number of hydrogen-bond donors (Lipinski definition) is 1. The van der Waals surface area contributed by atoms with Gasteiger partial charge in [0, 0.05) is 56.7 Å². The Hall–Kier alpha value is -4.52. The number of ether oxygens (including phenoxy) is 2. The van der Waals surface area contributed by atoms with Gasteiger partial charge in [-0.1, -0.05) is 0 Å². The Labute approximate surface area is 254 Å². The highest BCUT2D eigenvalue weighted by Crippen LogP contribution is 2.32. The summed E-state index contributed by atoms with van der Waals surface area (Å²) in [5, 5.41) is 0. The number of nitrogens with zero attached hydrogens (tertiary/aromatic N) is 7. The molecular weight excluding hydrogens is 567 g/mol. The number of rotatable bonds is 5. The summed E-state index contributed by atoms with van der Waals surface area (Å²) in [6.45, 7) is 8.54. The van der Waals surface area contributed by atoms with Crippen LogP contribution in [0.4, 0.5) is 15.0 Å². The van der Waals surface area contributed by atoms with E-state index in [-0.39, 0.29) is 29.4 Å². The molecule has 0 radical (unpaired) electrons. The number of fused-ring (bicyclic) bond motifs is 1. The van der Waals surface area contributed by atoms with Gasteiger partial charge in [-0.25, -0.2) is 23.9 Å². The van der Waals surface area contributed by atoms with Crippen molar-refractivity contribution in [1.29, 1.82) is 0 Å². The number of carbonyl (C=O) groups excluding carboxylic acids is 1. The molecule has 1 aromatic carbocycles. The zero-order chi connectivity index (χ0) is 31.0. The van der Waals surface area contributed by atoms with Gasteiger partial charge in [0.15, 0.2) is 23.0 Å². The molecule has 4 aromatic rings. The van der Waals surface area contributed by atoms with Crippen molar-refractivity contribution >= 4 is 23.1 Å². The molecule has 0 spiro atoms. The van der Waals surface area contributed by atoms with E-state index in [0.717, 1.165) is 38.8 Å². The number of piperidine rings is 2. The molecule has 12 nitrogen and oxygen atoms in total. The van der Waals surface area contributed by atoms with Crippen LogP contribution in [0.25, 0.3) is 16.9 Å². The van der Waals surface area contributed by atoms with E-state index in [4.69, 9.17) is 15.2 Å². The number of halogens is 1. The molecule has 0 unspecified atom stereocenters. The number of nitrogen functional groups attached to an aromatic ring is 1. The number of aromatic nitrogens is 5. The summed E-state index contributed by atoms with van der Waals surface area (Å²) < 4.78 is 29.5. The van der Waals surface area contributed by atoms with E-state index in [1.165, 1.54) is 23.0 Å². The fourth-order valence-electron chi connectivity index (χ4n) is 6.13. The molecular formula is C31H37FN8O4. The molecule has 0 saturated carbocycles. The normalized spacial score (nSPS) is 17.2. The van der Waals surface area contributed by atoms with Gasteiger partial charge < -0.3 is 25.0 Å². The molecule has 2 fully saturated rings. The van der Waals surface area contributed by atoms with E-state index in [1.807, 2.05) is 20.8 Å². The summed E-state index contributed by atoms with van der Waals surface area (Å²) in [5.41, 5.74) is 6.47. The average Bonchev–Trinajstić information content (AvgIpc) is 3.31. The number of benzene rings is 1. The molecule has 2 saturated heterocycles. The van der Waals surface area contributed by atoms with Gasteiger partial charge in [-0.05, 0) is 70.7 Å². The van der Waals surface area contributed by atoms with E-state index in [1.54, 1.807) is 40.1 Å². The van der Waals surface area contributed by atoms with Crippen LogP contribution in [-0.4, -0.2) is 77.8 Å². The quantitative estimate of drug-likeness (QED) is 0.349. The second-order valence-corrected chi connectivity index (χ2v) is 12.3. The van der Waals surface area contributed by atoms with Crippen LogP contribution >= 0.6 is 0 Å². The molecule has 3 aromatic heterocycles. The van der Waals surface area contributed by atoms with Crippen LogP contribution in [0.15, 0.2) is 53.8 Å². The topological polar surface area (TPSA) is 134 Å². The smallest absolute Gasteiger partial charge is 0.410 e. The van der Waals surface area contributed by atoms with Crippen molar-refractivity contribution in [3.05, 3.63) is 65.4 Å². The number of amides is 1. The second-order valence-electron chi connectivity index (χ2n) is 12.3. The molecule has 0 atom stereocenters. The minimum absolute atomic E-state index is 0.0188. The first-order valence-electron chi connectivity index (χ1n) is 14.9. The maximum atomic E-state index is 15.2. The van der Waals surface area contributed by atoms with Crippen molar-refractivity contribution in [1.82, 2.24) is 33.9 Å². The van der Waals surface area contributed by atoms with Gasteiger partial charge in [-0.15, -0.1) is 0 Å². The minimum atomic E-state index is -0.631. The van der Waals surface area contributed by atoms with Crippen LogP contribution in [0, 0.1) is 5.82 Å².